The van der Waals surface area contributed by atoms with Crippen LogP contribution in [0.1, 0.15) is 58.4 Å². The molecule has 1 atom stereocenters. The fourth-order valence-corrected chi connectivity index (χ4v) is 5.61. The van der Waals surface area contributed by atoms with Crippen LogP contribution in [0.25, 0.3) is 11.0 Å². The fourth-order valence-electron chi connectivity index (χ4n) is 4.99. The van der Waals surface area contributed by atoms with Crippen molar-refractivity contribution in [3.8, 4) is 11.5 Å². The molecule has 0 bridgehead atoms. The Hall–Kier alpha value is -3.24. The normalized spacial score (nSPS) is 15.6. The molecule has 236 valence electrons. The van der Waals surface area contributed by atoms with Crippen molar-refractivity contribution in [2.24, 2.45) is 0 Å². The van der Waals surface area contributed by atoms with Crippen LogP contribution in [-0.4, -0.2) is 70.4 Å². The van der Waals surface area contributed by atoms with Crippen molar-refractivity contribution in [2.75, 3.05) is 31.1 Å². The Kier molecular flexibility index (Phi) is 11.0. The second kappa shape index (κ2) is 14.5. The Balaban J connectivity index is 1.41. The van der Waals surface area contributed by atoms with Crippen molar-refractivity contribution < 1.29 is 23.8 Å². The molecule has 2 amide bonds. The maximum Gasteiger partial charge on any atom is 0.408 e. The second-order valence-electron chi connectivity index (χ2n) is 13.2. The molecule has 43 heavy (non-hydrogen) atoms. The Morgan fingerprint density at radius 1 is 1.05 bits per heavy atom. The molecule has 1 fully saturated rings. The first kappa shape index (κ1) is 32.7. The third-order valence-corrected chi connectivity index (χ3v) is 8.63. The summed E-state index contributed by atoms with van der Waals surface area (Å²) < 4.78 is 19.6. The maximum atomic E-state index is 13.3. The fraction of sp³-hybridized carbons (Fsp3) is 0.545. The van der Waals surface area contributed by atoms with Crippen LogP contribution in [0.5, 0.6) is 11.5 Å². The maximum absolute atomic E-state index is 13.3. The van der Waals surface area contributed by atoms with Crippen molar-refractivity contribution in [3.05, 3.63) is 54.4 Å². The number of nitrogens with zero attached hydrogens (tertiary/aromatic N) is 2. The van der Waals surface area contributed by atoms with Gasteiger partial charge in [0.05, 0.1) is 12.0 Å². The molecule has 0 aliphatic heterocycles. The van der Waals surface area contributed by atoms with Crippen molar-refractivity contribution in [3.63, 3.8) is 0 Å². The third kappa shape index (κ3) is 10.5. The van der Waals surface area contributed by atoms with Gasteiger partial charge in [0.25, 0.3) is 0 Å². The number of nitrogens with one attached hydrogen (secondary N) is 2. The summed E-state index contributed by atoms with van der Waals surface area (Å²) in [5, 5.41) is 6.83. The lowest BCUT2D eigenvalue weighted by molar-refractivity contribution is -0.124. The average molecular weight is 613 g/mol. The lowest BCUT2D eigenvalue weighted by Gasteiger charge is -2.27. The first-order valence-corrected chi connectivity index (χ1v) is 18.1. The molecule has 0 spiro atoms. The number of benzene rings is 1. The summed E-state index contributed by atoms with van der Waals surface area (Å²) in [6, 6.07) is 10.8. The molecule has 2 heterocycles. The van der Waals surface area contributed by atoms with Crippen LogP contribution in [0.15, 0.2) is 48.8 Å². The zero-order valence-corrected chi connectivity index (χ0v) is 27.3. The van der Waals surface area contributed by atoms with Crippen molar-refractivity contribution in [2.45, 2.75) is 83.7 Å². The molecule has 0 unspecified atom stereocenters. The number of carbonyl (C=O) groups excluding carboxylic acids is 2. The molecule has 0 saturated heterocycles. The topological polar surface area (TPSA) is 104 Å². The first-order chi connectivity index (χ1) is 20.4. The molecule has 3 aromatic rings. The van der Waals surface area contributed by atoms with Crippen LogP contribution in [0, 0.1) is 0 Å². The quantitative estimate of drug-likeness (QED) is 0.230. The van der Waals surface area contributed by atoms with E-state index in [4.69, 9.17) is 14.2 Å². The van der Waals surface area contributed by atoms with Gasteiger partial charge in [-0.2, -0.15) is 0 Å². The number of alkyl carbamates (subject to hydrolysis) is 1. The van der Waals surface area contributed by atoms with E-state index in [0.29, 0.717) is 24.7 Å². The highest BCUT2D eigenvalue weighted by molar-refractivity contribution is 8.32. The number of amides is 2. The monoisotopic (exact) mass is 612 g/mol. The van der Waals surface area contributed by atoms with Gasteiger partial charge in [-0.1, -0.05) is 31.4 Å². The molecular weight excluding hydrogens is 564 g/mol. The predicted octanol–water partition coefficient (Wildman–Crippen LogP) is 6.38. The summed E-state index contributed by atoms with van der Waals surface area (Å²) in [5.41, 5.74) is 1.04. The van der Waals surface area contributed by atoms with Gasteiger partial charge >= 0.3 is 6.09 Å². The van der Waals surface area contributed by atoms with Gasteiger partial charge in [0.1, 0.15) is 35.5 Å². The number of fused-ring (bicyclic) bond motifs is 1. The molecule has 1 aromatic carbocycles. The van der Waals surface area contributed by atoms with Crippen LogP contribution >= 0.6 is 10.0 Å². The van der Waals surface area contributed by atoms with Crippen molar-refractivity contribution in [1.29, 1.82) is 0 Å². The van der Waals surface area contributed by atoms with Gasteiger partial charge in [0.2, 0.25) is 5.91 Å². The first-order valence-electron chi connectivity index (χ1n) is 15.1. The second-order valence-corrected chi connectivity index (χ2v) is 17.7. The Labute approximate surface area is 257 Å². The smallest absolute Gasteiger partial charge is 0.408 e. The molecule has 1 aliphatic rings. The molecular formula is C33H48N4O5S. The van der Waals surface area contributed by atoms with Crippen LogP contribution in [0.4, 0.5) is 4.79 Å². The molecule has 1 aliphatic carbocycles. The Bertz CT molecular complexity index is 1350. The minimum atomic E-state index is -0.754. The van der Waals surface area contributed by atoms with E-state index >= 15 is 0 Å². The van der Waals surface area contributed by atoms with Crippen molar-refractivity contribution in [1.82, 2.24) is 20.2 Å². The van der Waals surface area contributed by atoms with E-state index in [9.17, 15) is 9.59 Å². The van der Waals surface area contributed by atoms with Crippen molar-refractivity contribution >= 4 is 33.1 Å². The number of pyridine rings is 1. The number of hydrogen-bond acceptors (Lipinski definition) is 6. The number of rotatable bonds is 12. The summed E-state index contributed by atoms with van der Waals surface area (Å²) in [6.45, 7) is 6.57. The molecule has 9 nitrogen and oxygen atoms in total. The minimum absolute atomic E-state index is 0.142. The van der Waals surface area contributed by atoms with Gasteiger partial charge in [0, 0.05) is 30.6 Å². The van der Waals surface area contributed by atoms with E-state index in [1.165, 1.54) is 6.42 Å². The SMILES string of the molecule is CC(C)(C)OC(=O)N[C@@H](Cc1ccc(Oc2ccnc3c2ccn3COCCS(C)(C)C)cc1)C(=O)NC1CCCCC1. The van der Waals surface area contributed by atoms with Gasteiger partial charge in [-0.3, -0.25) is 4.79 Å². The van der Waals surface area contributed by atoms with E-state index in [-0.39, 0.29) is 11.9 Å². The highest BCUT2D eigenvalue weighted by Crippen LogP contribution is 2.34. The third-order valence-electron chi connectivity index (χ3n) is 7.24. The molecule has 10 heteroatoms. The predicted molar refractivity (Wildman–Crippen MR) is 174 cm³/mol. The van der Waals surface area contributed by atoms with E-state index in [0.717, 1.165) is 54.6 Å². The Morgan fingerprint density at radius 2 is 1.77 bits per heavy atom. The summed E-state index contributed by atoms with van der Waals surface area (Å²) >= 11 is 0. The molecule has 2 aromatic heterocycles. The van der Waals surface area contributed by atoms with Gasteiger partial charge in [-0.05, 0) is 82.2 Å². The molecule has 0 radical (unpaired) electrons. The zero-order valence-electron chi connectivity index (χ0n) is 26.5. The highest BCUT2D eigenvalue weighted by Gasteiger charge is 2.27. The van der Waals surface area contributed by atoms with E-state index in [2.05, 4.69) is 34.4 Å². The number of aromatic nitrogens is 2. The van der Waals surface area contributed by atoms with Gasteiger partial charge in [-0.15, -0.1) is 0 Å². The zero-order chi connectivity index (χ0) is 31.0. The highest BCUT2D eigenvalue weighted by atomic mass is 32.3. The molecule has 4 rings (SSSR count). The molecule has 1 saturated carbocycles. The lowest BCUT2D eigenvalue weighted by Crippen LogP contribution is -2.51. The average Bonchev–Trinajstić information content (AvgIpc) is 3.35. The van der Waals surface area contributed by atoms with Gasteiger partial charge in [-0.25, -0.2) is 19.8 Å². The van der Waals surface area contributed by atoms with Crippen LogP contribution in [0.3, 0.4) is 0 Å². The summed E-state index contributed by atoms with van der Waals surface area (Å²) in [4.78, 5) is 30.4. The van der Waals surface area contributed by atoms with Crippen LogP contribution in [0.2, 0.25) is 0 Å². The minimum Gasteiger partial charge on any atom is -0.457 e. The van der Waals surface area contributed by atoms with Gasteiger partial charge < -0.3 is 29.4 Å². The lowest BCUT2D eigenvalue weighted by atomic mass is 9.95. The van der Waals surface area contributed by atoms with E-state index < -0.39 is 27.8 Å². The summed E-state index contributed by atoms with van der Waals surface area (Å²) in [6.07, 6.45) is 15.6. The number of carbonyl (C=O) groups is 2. The number of ether oxygens (including phenoxy) is 3. The van der Waals surface area contributed by atoms with Crippen LogP contribution in [-0.2, 0) is 27.4 Å². The summed E-state index contributed by atoms with van der Waals surface area (Å²) in [5.74, 6) is 2.24. The van der Waals surface area contributed by atoms with Gasteiger partial charge in [0.15, 0.2) is 0 Å². The largest absolute Gasteiger partial charge is 0.457 e. The Morgan fingerprint density at radius 3 is 2.44 bits per heavy atom. The van der Waals surface area contributed by atoms with E-state index in [1.54, 1.807) is 27.0 Å². The number of hydrogen-bond donors (Lipinski definition) is 2. The molecule has 2 N–H and O–H groups in total. The summed E-state index contributed by atoms with van der Waals surface area (Å²) in [7, 11) is -0.596. The van der Waals surface area contributed by atoms with E-state index in [1.807, 2.05) is 47.2 Å². The van der Waals surface area contributed by atoms with Crippen LogP contribution < -0.4 is 15.4 Å². The standard InChI is InChI=1S/C33H48N4O5S/c1-33(2,3)42-32(39)36-28(31(38)35-25-10-8-7-9-11-25)22-24-12-14-26(15-13-24)41-29-16-18-34-30-27(29)17-19-37(30)23-40-20-21-43(4,5)6/h12-19,25,28H,7-11,20-23H2,1-6H3,(H,35,38)(H,36,39)/t28-/m0/s1.